The van der Waals surface area contributed by atoms with E-state index >= 15 is 0 Å². The van der Waals surface area contributed by atoms with Crippen molar-refractivity contribution in [2.75, 3.05) is 13.7 Å². The Labute approximate surface area is 233 Å². The standard InChI is InChI=1S/C30H47NO8/c1-17(2)20(7)26(32)37-14-13-30(31,29(35)36-10)16-23-11-12-24(38-27(33)21(8)18(3)4)25(15-23)39-28(34)22(9)19(5)6/h11-12,15,17-22H,13-14,16,31H2,1-10H3/t20-,21?,22?,30?/m0/s1. The number of benzene rings is 1. The van der Waals surface area contributed by atoms with Crippen molar-refractivity contribution in [1.29, 1.82) is 0 Å². The second-order valence-electron chi connectivity index (χ2n) is 11.5. The molecule has 0 amide bonds. The highest BCUT2D eigenvalue weighted by atomic mass is 16.6. The Balaban J connectivity index is 3.28. The predicted octanol–water partition coefficient (Wildman–Crippen LogP) is 4.72. The molecule has 0 aromatic heterocycles. The number of carbonyl (C=O) groups excluding carboxylic acids is 4. The molecule has 0 bridgehead atoms. The summed E-state index contributed by atoms with van der Waals surface area (Å²) in [5.74, 6) is -2.71. The summed E-state index contributed by atoms with van der Waals surface area (Å²) in [7, 11) is 1.23. The zero-order valence-electron chi connectivity index (χ0n) is 25.2. The molecule has 3 unspecified atom stereocenters. The number of methoxy groups -OCH3 is 1. The lowest BCUT2D eigenvalue weighted by atomic mass is 9.88. The van der Waals surface area contributed by atoms with E-state index in [2.05, 4.69) is 0 Å². The van der Waals surface area contributed by atoms with Gasteiger partial charge < -0.3 is 24.7 Å². The quantitative estimate of drug-likeness (QED) is 0.259. The van der Waals surface area contributed by atoms with Gasteiger partial charge in [-0.15, -0.1) is 0 Å². The molecular weight excluding hydrogens is 502 g/mol. The number of rotatable bonds is 14. The number of nitrogens with two attached hydrogens (primary N) is 1. The number of carbonyl (C=O) groups is 4. The number of hydrogen-bond donors (Lipinski definition) is 1. The average Bonchev–Trinajstić information content (AvgIpc) is 2.87. The second kappa shape index (κ2) is 15.0. The Morgan fingerprint density at radius 2 is 1.21 bits per heavy atom. The largest absolute Gasteiger partial charge is 0.468 e. The average molecular weight is 550 g/mol. The van der Waals surface area contributed by atoms with Crippen molar-refractivity contribution < 1.29 is 38.1 Å². The third-order valence-corrected chi connectivity index (χ3v) is 7.45. The minimum atomic E-state index is -1.52. The van der Waals surface area contributed by atoms with Crippen molar-refractivity contribution >= 4 is 23.9 Å². The molecule has 0 fully saturated rings. The Hall–Kier alpha value is -2.94. The summed E-state index contributed by atoms with van der Waals surface area (Å²) in [6, 6.07) is 4.69. The Bertz CT molecular complexity index is 1000. The molecule has 2 N–H and O–H groups in total. The first-order valence-electron chi connectivity index (χ1n) is 13.6. The van der Waals surface area contributed by atoms with Crippen LogP contribution in [0, 0.1) is 35.5 Å². The molecule has 0 aliphatic rings. The molecule has 1 aromatic carbocycles. The minimum absolute atomic E-state index is 0.00212. The van der Waals surface area contributed by atoms with Gasteiger partial charge in [-0.25, -0.2) is 0 Å². The van der Waals surface area contributed by atoms with E-state index in [-0.39, 0.29) is 66.5 Å². The molecule has 0 aliphatic carbocycles. The van der Waals surface area contributed by atoms with Crippen LogP contribution in [0.4, 0.5) is 0 Å². The molecule has 0 spiro atoms. The van der Waals surface area contributed by atoms with E-state index in [9.17, 15) is 19.2 Å². The molecule has 0 saturated carbocycles. The van der Waals surface area contributed by atoms with Crippen LogP contribution in [-0.4, -0.2) is 43.1 Å². The van der Waals surface area contributed by atoms with Crippen LogP contribution in [0.3, 0.4) is 0 Å². The van der Waals surface area contributed by atoms with E-state index in [0.717, 1.165) is 0 Å². The van der Waals surface area contributed by atoms with E-state index in [1.54, 1.807) is 26.8 Å². The lowest BCUT2D eigenvalue weighted by molar-refractivity contribution is -0.153. The van der Waals surface area contributed by atoms with E-state index in [4.69, 9.17) is 24.7 Å². The summed E-state index contributed by atoms with van der Waals surface area (Å²) in [6.45, 7) is 16.7. The molecule has 4 atom stereocenters. The summed E-state index contributed by atoms with van der Waals surface area (Å²) in [6.07, 6.45) is 0.0102. The SMILES string of the molecule is COC(=O)C(N)(CCOC(=O)[C@@H](C)C(C)C)Cc1ccc(OC(=O)C(C)C(C)C)c(OC(=O)C(C)C(C)C)c1. The van der Waals surface area contributed by atoms with Crippen LogP contribution in [0.2, 0.25) is 0 Å². The molecule has 0 saturated heterocycles. The molecule has 39 heavy (non-hydrogen) atoms. The van der Waals surface area contributed by atoms with E-state index in [1.165, 1.54) is 19.2 Å². The molecule has 220 valence electrons. The van der Waals surface area contributed by atoms with Crippen molar-refractivity contribution in [2.45, 2.75) is 80.7 Å². The highest BCUT2D eigenvalue weighted by molar-refractivity contribution is 5.81. The molecule has 0 aliphatic heterocycles. The van der Waals surface area contributed by atoms with Gasteiger partial charge in [0.1, 0.15) is 5.54 Å². The summed E-state index contributed by atoms with van der Waals surface area (Å²) >= 11 is 0. The Morgan fingerprint density at radius 1 is 0.744 bits per heavy atom. The van der Waals surface area contributed by atoms with E-state index in [0.29, 0.717) is 5.56 Å². The van der Waals surface area contributed by atoms with Gasteiger partial charge in [-0.1, -0.05) is 68.4 Å². The first-order chi connectivity index (χ1) is 18.0. The van der Waals surface area contributed by atoms with E-state index < -0.39 is 29.4 Å². The highest BCUT2D eigenvalue weighted by Gasteiger charge is 2.36. The molecule has 0 heterocycles. The van der Waals surface area contributed by atoms with Gasteiger partial charge in [0.2, 0.25) is 0 Å². The fraction of sp³-hybridized carbons (Fsp3) is 0.667. The molecule has 9 heteroatoms. The maximum Gasteiger partial charge on any atom is 0.326 e. The molecule has 9 nitrogen and oxygen atoms in total. The van der Waals surface area contributed by atoms with Crippen molar-refractivity contribution in [1.82, 2.24) is 0 Å². The number of hydrogen-bond acceptors (Lipinski definition) is 9. The molecule has 1 rings (SSSR count). The van der Waals surface area contributed by atoms with Gasteiger partial charge in [0.05, 0.1) is 31.5 Å². The fourth-order valence-corrected chi connectivity index (χ4v) is 3.34. The number of ether oxygens (including phenoxy) is 4. The third-order valence-electron chi connectivity index (χ3n) is 7.45. The number of esters is 4. The third kappa shape index (κ3) is 9.95. The summed E-state index contributed by atoms with van der Waals surface area (Å²) in [5.41, 5.74) is 5.50. The van der Waals surface area contributed by atoms with Gasteiger partial charge in [0.25, 0.3) is 0 Å². The van der Waals surface area contributed by atoms with Crippen LogP contribution in [0.1, 0.15) is 74.3 Å². The van der Waals surface area contributed by atoms with Crippen LogP contribution < -0.4 is 15.2 Å². The second-order valence-corrected chi connectivity index (χ2v) is 11.5. The normalized spacial score (nSPS) is 15.3. The zero-order valence-corrected chi connectivity index (χ0v) is 25.2. The van der Waals surface area contributed by atoms with Crippen LogP contribution in [0.5, 0.6) is 11.5 Å². The van der Waals surface area contributed by atoms with Gasteiger partial charge in [-0.05, 0) is 35.4 Å². The summed E-state index contributed by atoms with van der Waals surface area (Å²) < 4.78 is 21.6. The fourth-order valence-electron chi connectivity index (χ4n) is 3.34. The van der Waals surface area contributed by atoms with E-state index in [1.807, 2.05) is 41.5 Å². The maximum absolute atomic E-state index is 12.8. The minimum Gasteiger partial charge on any atom is -0.468 e. The van der Waals surface area contributed by atoms with Gasteiger partial charge in [0, 0.05) is 12.8 Å². The van der Waals surface area contributed by atoms with Crippen molar-refractivity contribution in [3.63, 3.8) is 0 Å². The van der Waals surface area contributed by atoms with Crippen molar-refractivity contribution in [2.24, 2.45) is 41.2 Å². The van der Waals surface area contributed by atoms with Gasteiger partial charge >= 0.3 is 23.9 Å². The Kier molecular flexibility index (Phi) is 13.1. The van der Waals surface area contributed by atoms with Gasteiger partial charge in [0.15, 0.2) is 11.5 Å². The Morgan fingerprint density at radius 3 is 1.67 bits per heavy atom. The topological polar surface area (TPSA) is 131 Å². The van der Waals surface area contributed by atoms with Crippen LogP contribution in [0.15, 0.2) is 18.2 Å². The summed E-state index contributed by atoms with van der Waals surface area (Å²) in [4.78, 5) is 50.4. The highest BCUT2D eigenvalue weighted by Crippen LogP contribution is 2.33. The first-order valence-corrected chi connectivity index (χ1v) is 13.6. The van der Waals surface area contributed by atoms with Gasteiger partial charge in [-0.3, -0.25) is 19.2 Å². The van der Waals surface area contributed by atoms with Crippen LogP contribution in [0.25, 0.3) is 0 Å². The van der Waals surface area contributed by atoms with Crippen LogP contribution >= 0.6 is 0 Å². The molecule has 1 aromatic rings. The van der Waals surface area contributed by atoms with Crippen molar-refractivity contribution in [3.8, 4) is 11.5 Å². The first kappa shape index (κ1) is 34.1. The maximum atomic E-state index is 12.8. The lowest BCUT2D eigenvalue weighted by Gasteiger charge is -2.27. The lowest BCUT2D eigenvalue weighted by Crippen LogP contribution is -2.51. The monoisotopic (exact) mass is 549 g/mol. The molecule has 0 radical (unpaired) electrons. The van der Waals surface area contributed by atoms with Crippen LogP contribution in [-0.2, 0) is 35.1 Å². The van der Waals surface area contributed by atoms with Gasteiger partial charge in [-0.2, -0.15) is 0 Å². The smallest absolute Gasteiger partial charge is 0.326 e. The zero-order chi connectivity index (χ0) is 30.1. The predicted molar refractivity (Wildman–Crippen MR) is 148 cm³/mol. The molecular formula is C30H47NO8. The van der Waals surface area contributed by atoms with Crippen molar-refractivity contribution in [3.05, 3.63) is 23.8 Å². The summed E-state index contributed by atoms with van der Waals surface area (Å²) in [5, 5.41) is 0.